The zero-order valence-corrected chi connectivity index (χ0v) is 21.7. The van der Waals surface area contributed by atoms with E-state index in [1.807, 2.05) is 12.1 Å². The Hall–Kier alpha value is -2.27. The minimum atomic E-state index is -2.04. The van der Waals surface area contributed by atoms with E-state index in [0.717, 1.165) is 0 Å². The lowest BCUT2D eigenvalue weighted by Gasteiger charge is -2.37. The lowest BCUT2D eigenvalue weighted by molar-refractivity contribution is 0.0434. The molecule has 0 aliphatic carbocycles. The van der Waals surface area contributed by atoms with Gasteiger partial charge in [-0.15, -0.1) is 0 Å². The number of benzene rings is 2. The summed E-state index contributed by atoms with van der Waals surface area (Å²) in [6, 6.07) is 13.9. The first-order valence-corrected chi connectivity index (χ1v) is 17.6. The molecule has 174 valence electrons. The van der Waals surface area contributed by atoms with Crippen LogP contribution in [0.5, 0.6) is 0 Å². The average molecular weight is 475 g/mol. The maximum absolute atomic E-state index is 11.8. The smallest absolute Gasteiger partial charge is 0.335 e. The van der Waals surface area contributed by atoms with Gasteiger partial charge in [0.15, 0.2) is 16.6 Å². The van der Waals surface area contributed by atoms with Crippen LogP contribution in [0.4, 0.5) is 0 Å². The van der Waals surface area contributed by atoms with Crippen molar-refractivity contribution < 1.29 is 28.7 Å². The van der Waals surface area contributed by atoms with Crippen LogP contribution in [0.3, 0.4) is 0 Å². The molecule has 0 aliphatic heterocycles. The fraction of sp³-hybridized carbons (Fsp3) is 0.417. The summed E-state index contributed by atoms with van der Waals surface area (Å²) in [7, 11) is -4.08. The Labute approximate surface area is 192 Å². The van der Waals surface area contributed by atoms with Crippen molar-refractivity contribution in [2.75, 3.05) is 0 Å². The highest BCUT2D eigenvalue weighted by atomic mass is 28.4. The van der Waals surface area contributed by atoms with E-state index < -0.39 is 40.8 Å². The Balaban J connectivity index is 2.51. The first kappa shape index (κ1) is 26.0. The largest absolute Gasteiger partial charge is 0.478 e. The third kappa shape index (κ3) is 8.01. The van der Waals surface area contributed by atoms with Crippen LogP contribution in [0, 0.1) is 0 Å². The predicted octanol–water partition coefficient (Wildman–Crippen LogP) is 5.31. The molecule has 0 aromatic heterocycles. The number of hydrogen-bond donors (Lipinski definition) is 2. The second-order valence-electron chi connectivity index (χ2n) is 9.87. The topological polar surface area (TPSA) is 93.1 Å². The van der Waals surface area contributed by atoms with E-state index in [-0.39, 0.29) is 11.1 Å². The third-order valence-electron chi connectivity index (χ3n) is 4.76. The van der Waals surface area contributed by atoms with E-state index in [4.69, 9.17) is 8.85 Å². The molecule has 0 radical (unpaired) electrons. The highest BCUT2D eigenvalue weighted by Crippen LogP contribution is 2.25. The monoisotopic (exact) mass is 474 g/mol. The summed E-state index contributed by atoms with van der Waals surface area (Å²) in [5.41, 5.74) is 1.85. The Bertz CT molecular complexity index is 868. The minimum absolute atomic E-state index is 0.245. The predicted molar refractivity (Wildman–Crippen MR) is 131 cm³/mol. The van der Waals surface area contributed by atoms with Crippen LogP contribution in [-0.4, -0.2) is 51.0 Å². The molecule has 2 aromatic rings. The van der Waals surface area contributed by atoms with E-state index >= 15 is 0 Å². The summed E-state index contributed by atoms with van der Waals surface area (Å²) in [6.07, 6.45) is -0.0691. The van der Waals surface area contributed by atoms with Gasteiger partial charge in [-0.1, -0.05) is 36.4 Å². The van der Waals surface area contributed by atoms with Crippen molar-refractivity contribution in [3.05, 3.63) is 70.8 Å². The number of aromatic carboxylic acids is 2. The van der Waals surface area contributed by atoms with Crippen LogP contribution in [0.15, 0.2) is 48.5 Å². The summed E-state index contributed by atoms with van der Waals surface area (Å²) in [5, 5.41) is 19.3. The summed E-state index contributed by atoms with van der Waals surface area (Å²) in [4.78, 5) is 23.6. The maximum Gasteiger partial charge on any atom is 0.335 e. The Morgan fingerprint density at radius 2 is 1.00 bits per heavy atom. The lowest BCUT2D eigenvalue weighted by Crippen LogP contribution is -2.47. The molecule has 0 fully saturated rings. The van der Waals surface area contributed by atoms with Crippen LogP contribution >= 0.6 is 0 Å². The van der Waals surface area contributed by atoms with Crippen LogP contribution in [-0.2, 0) is 21.7 Å². The van der Waals surface area contributed by atoms with Crippen LogP contribution in [0.1, 0.15) is 31.8 Å². The van der Waals surface area contributed by atoms with Crippen molar-refractivity contribution in [3.8, 4) is 0 Å². The lowest BCUT2D eigenvalue weighted by atomic mass is 9.94. The van der Waals surface area contributed by atoms with Gasteiger partial charge in [-0.25, -0.2) is 9.59 Å². The molecule has 0 spiro atoms. The van der Waals surface area contributed by atoms with Gasteiger partial charge in [-0.2, -0.15) is 0 Å². The average Bonchev–Trinajstić information content (AvgIpc) is 2.65. The molecule has 2 atom stereocenters. The second-order valence-corrected chi connectivity index (χ2v) is 18.8. The van der Waals surface area contributed by atoms with E-state index in [1.54, 1.807) is 36.4 Å². The van der Waals surface area contributed by atoms with Gasteiger partial charge in [0.2, 0.25) is 0 Å². The van der Waals surface area contributed by atoms with E-state index in [2.05, 4.69) is 39.3 Å². The van der Waals surface area contributed by atoms with E-state index in [1.165, 1.54) is 0 Å². The van der Waals surface area contributed by atoms with Gasteiger partial charge in [0.05, 0.1) is 23.3 Å². The third-order valence-corrected chi connectivity index (χ3v) is 6.78. The molecule has 8 heteroatoms. The van der Waals surface area contributed by atoms with Crippen molar-refractivity contribution in [3.63, 3.8) is 0 Å². The van der Waals surface area contributed by atoms with Crippen LogP contribution in [0.25, 0.3) is 0 Å². The number of rotatable bonds is 11. The normalized spacial score (nSPS) is 14.1. The summed E-state index contributed by atoms with van der Waals surface area (Å²) < 4.78 is 13.1. The first-order valence-electron chi connectivity index (χ1n) is 10.7. The molecule has 0 bridgehead atoms. The van der Waals surface area contributed by atoms with Gasteiger partial charge in [0, 0.05) is 12.8 Å². The Morgan fingerprint density at radius 3 is 1.28 bits per heavy atom. The molecule has 6 nitrogen and oxygen atoms in total. The molecule has 0 saturated carbocycles. The summed E-state index contributed by atoms with van der Waals surface area (Å²) in [6.45, 7) is 12.5. The fourth-order valence-electron chi connectivity index (χ4n) is 3.65. The molecule has 2 aromatic carbocycles. The van der Waals surface area contributed by atoms with Crippen molar-refractivity contribution in [2.24, 2.45) is 0 Å². The molecular formula is C24H34O6Si2. The van der Waals surface area contributed by atoms with Gasteiger partial charge < -0.3 is 19.1 Å². The molecular weight excluding hydrogens is 440 g/mol. The highest BCUT2D eigenvalue weighted by Gasteiger charge is 2.34. The SMILES string of the molecule is C[Si](C)(C)O[C@@H](Cc1ccccc1C(=O)O)[C@H](Cc1ccccc1C(=O)O)O[Si](C)(C)C. The van der Waals surface area contributed by atoms with Crippen molar-refractivity contribution >= 4 is 28.6 Å². The number of carboxylic acid groups (broad SMARTS) is 2. The molecule has 0 unspecified atom stereocenters. The Kier molecular flexibility index (Phi) is 8.58. The number of carbonyl (C=O) groups is 2. The van der Waals surface area contributed by atoms with E-state index in [9.17, 15) is 19.8 Å². The van der Waals surface area contributed by atoms with Gasteiger partial charge in [-0.05, 0) is 62.5 Å². The zero-order chi connectivity index (χ0) is 24.1. The Morgan fingerprint density at radius 1 is 0.688 bits per heavy atom. The molecule has 0 amide bonds. The minimum Gasteiger partial charge on any atom is -0.478 e. The van der Waals surface area contributed by atoms with Crippen molar-refractivity contribution in [2.45, 2.75) is 64.3 Å². The number of carboxylic acids is 2. The zero-order valence-electron chi connectivity index (χ0n) is 19.7. The second kappa shape index (κ2) is 10.6. The van der Waals surface area contributed by atoms with Gasteiger partial charge in [-0.3, -0.25) is 0 Å². The molecule has 0 saturated heterocycles. The van der Waals surface area contributed by atoms with Gasteiger partial charge >= 0.3 is 11.9 Å². The van der Waals surface area contributed by atoms with Gasteiger partial charge in [0.1, 0.15) is 0 Å². The summed E-state index contributed by atoms with van der Waals surface area (Å²) in [5.74, 6) is -1.96. The fourth-order valence-corrected chi connectivity index (χ4v) is 5.94. The summed E-state index contributed by atoms with van der Waals surface area (Å²) >= 11 is 0. The number of hydrogen-bond acceptors (Lipinski definition) is 4. The molecule has 2 N–H and O–H groups in total. The van der Waals surface area contributed by atoms with Crippen molar-refractivity contribution in [1.82, 2.24) is 0 Å². The standard InChI is InChI=1S/C24H34O6Si2/c1-31(2,3)29-21(15-17-11-7-9-13-19(17)23(25)26)22(30-32(4,5)6)16-18-12-8-10-14-20(18)24(27)28/h7-14,21-22H,15-16H2,1-6H3,(H,25,26)(H,27,28)/t21-,22-/m0/s1. The van der Waals surface area contributed by atoms with E-state index in [0.29, 0.717) is 24.0 Å². The maximum atomic E-state index is 11.8. The van der Waals surface area contributed by atoms with Crippen molar-refractivity contribution in [1.29, 1.82) is 0 Å². The van der Waals surface area contributed by atoms with Crippen LogP contribution < -0.4 is 0 Å². The van der Waals surface area contributed by atoms with Crippen LogP contribution in [0.2, 0.25) is 39.3 Å². The highest BCUT2D eigenvalue weighted by molar-refractivity contribution is 6.70. The first-order chi connectivity index (χ1) is 14.8. The quantitative estimate of drug-likeness (QED) is 0.429. The molecule has 32 heavy (non-hydrogen) atoms. The molecule has 0 heterocycles. The molecule has 0 aliphatic rings. The van der Waals surface area contributed by atoms with Gasteiger partial charge in [0.25, 0.3) is 0 Å². The molecule has 2 rings (SSSR count).